The third-order valence-corrected chi connectivity index (χ3v) is 2.42. The zero-order chi connectivity index (χ0) is 13.5. The van der Waals surface area contributed by atoms with E-state index in [1.54, 1.807) is 6.92 Å². The largest absolute Gasteiger partial charge is 0.388 e. The Morgan fingerprint density at radius 1 is 1.50 bits per heavy atom. The molecule has 98 valence electrons. The smallest absolute Gasteiger partial charge is 0.242 e. The fraction of sp³-hybridized carbons (Fsp3) is 0.455. The number of carbonyl (C=O) groups is 1. The fourth-order valence-electron chi connectivity index (χ4n) is 1.22. The Labute approximate surface area is 111 Å². The summed E-state index contributed by atoms with van der Waals surface area (Å²) in [5.74, 6) is 0.436. The number of nitrogens with zero attached hydrogens (tertiary/aromatic N) is 2. The Bertz CT molecular complexity index is 420. The van der Waals surface area contributed by atoms with Crippen LogP contribution in [-0.4, -0.2) is 33.5 Å². The van der Waals surface area contributed by atoms with Gasteiger partial charge in [-0.15, -0.1) is 0 Å². The van der Waals surface area contributed by atoms with Crippen LogP contribution in [0.3, 0.4) is 0 Å². The lowest BCUT2D eigenvalue weighted by Crippen LogP contribution is -2.38. The summed E-state index contributed by atoms with van der Waals surface area (Å²) in [6.07, 6.45) is 3.88. The summed E-state index contributed by atoms with van der Waals surface area (Å²) in [6.45, 7) is 4.42. The minimum Gasteiger partial charge on any atom is -0.388 e. The van der Waals surface area contributed by atoms with Gasteiger partial charge in [0.25, 0.3) is 0 Å². The summed E-state index contributed by atoms with van der Waals surface area (Å²) in [5, 5.41) is 5.74. The van der Waals surface area contributed by atoms with Crippen molar-refractivity contribution in [2.24, 2.45) is 5.73 Å². The van der Waals surface area contributed by atoms with E-state index in [1.807, 2.05) is 6.92 Å². The monoisotopic (exact) mass is 267 g/mol. The third-order valence-electron chi connectivity index (χ3n) is 2.21. The SMILES string of the molecule is CCCNC(=O)C(C)Nc1cnc(C(N)=S)cn1. The maximum Gasteiger partial charge on any atom is 0.242 e. The predicted octanol–water partition coefficient (Wildman–Crippen LogP) is 0.437. The molecule has 1 atom stereocenters. The van der Waals surface area contributed by atoms with Gasteiger partial charge < -0.3 is 16.4 Å². The Morgan fingerprint density at radius 3 is 2.72 bits per heavy atom. The molecule has 0 aromatic carbocycles. The summed E-state index contributed by atoms with van der Waals surface area (Å²) in [4.78, 5) is 19.9. The number of anilines is 1. The molecule has 4 N–H and O–H groups in total. The molecule has 0 aliphatic rings. The first-order valence-electron chi connectivity index (χ1n) is 5.70. The van der Waals surface area contributed by atoms with Crippen LogP contribution in [-0.2, 0) is 4.79 Å². The molecule has 0 fully saturated rings. The molecule has 0 aliphatic heterocycles. The molecule has 0 saturated heterocycles. The minimum atomic E-state index is -0.374. The number of rotatable bonds is 6. The van der Waals surface area contributed by atoms with Gasteiger partial charge in [0.05, 0.1) is 12.4 Å². The van der Waals surface area contributed by atoms with Gasteiger partial charge in [0.1, 0.15) is 22.5 Å². The Kier molecular flexibility index (Phi) is 5.44. The van der Waals surface area contributed by atoms with Crippen molar-refractivity contribution in [2.45, 2.75) is 26.3 Å². The molecular formula is C11H17N5OS. The lowest BCUT2D eigenvalue weighted by Gasteiger charge is -2.14. The maximum atomic E-state index is 11.6. The van der Waals surface area contributed by atoms with Crippen molar-refractivity contribution in [3.05, 3.63) is 18.1 Å². The molecule has 0 spiro atoms. The highest BCUT2D eigenvalue weighted by Crippen LogP contribution is 2.03. The number of thiocarbonyl (C=S) groups is 1. The highest BCUT2D eigenvalue weighted by Gasteiger charge is 2.12. The molecule has 1 heterocycles. The van der Waals surface area contributed by atoms with E-state index in [0.717, 1.165) is 6.42 Å². The Morgan fingerprint density at radius 2 is 2.22 bits per heavy atom. The summed E-state index contributed by atoms with van der Waals surface area (Å²) < 4.78 is 0. The van der Waals surface area contributed by atoms with Gasteiger partial charge in [0.2, 0.25) is 5.91 Å². The first kappa shape index (κ1) is 14.3. The number of aromatic nitrogens is 2. The second kappa shape index (κ2) is 6.85. The third kappa shape index (κ3) is 4.25. The van der Waals surface area contributed by atoms with Crippen molar-refractivity contribution in [1.29, 1.82) is 0 Å². The van der Waals surface area contributed by atoms with Crippen LogP contribution in [0, 0.1) is 0 Å². The van der Waals surface area contributed by atoms with E-state index >= 15 is 0 Å². The van der Waals surface area contributed by atoms with Crippen molar-refractivity contribution in [2.75, 3.05) is 11.9 Å². The zero-order valence-corrected chi connectivity index (χ0v) is 11.3. The van der Waals surface area contributed by atoms with E-state index in [0.29, 0.717) is 18.1 Å². The van der Waals surface area contributed by atoms with Gasteiger partial charge in [-0.1, -0.05) is 19.1 Å². The number of nitrogens with two attached hydrogens (primary N) is 1. The van der Waals surface area contributed by atoms with Crippen LogP contribution in [0.1, 0.15) is 26.0 Å². The lowest BCUT2D eigenvalue weighted by atomic mass is 10.3. The van der Waals surface area contributed by atoms with E-state index in [2.05, 4.69) is 20.6 Å². The molecular weight excluding hydrogens is 250 g/mol. The van der Waals surface area contributed by atoms with Crippen LogP contribution >= 0.6 is 12.2 Å². The summed E-state index contributed by atoms with van der Waals surface area (Å²) in [7, 11) is 0. The van der Waals surface area contributed by atoms with Crippen LogP contribution in [0.4, 0.5) is 5.82 Å². The van der Waals surface area contributed by atoms with Crippen LogP contribution in [0.5, 0.6) is 0 Å². The molecule has 18 heavy (non-hydrogen) atoms. The van der Waals surface area contributed by atoms with Crippen LogP contribution in [0.25, 0.3) is 0 Å². The number of nitrogens with one attached hydrogen (secondary N) is 2. The molecule has 1 aromatic rings. The van der Waals surface area contributed by atoms with Crippen LogP contribution in [0.2, 0.25) is 0 Å². The van der Waals surface area contributed by atoms with E-state index < -0.39 is 0 Å². The van der Waals surface area contributed by atoms with E-state index in [-0.39, 0.29) is 16.9 Å². The van der Waals surface area contributed by atoms with Crippen molar-refractivity contribution < 1.29 is 4.79 Å². The lowest BCUT2D eigenvalue weighted by molar-refractivity contribution is -0.121. The molecule has 7 heteroatoms. The Balaban J connectivity index is 2.56. The first-order valence-corrected chi connectivity index (χ1v) is 6.11. The van der Waals surface area contributed by atoms with Gasteiger partial charge in [0, 0.05) is 6.54 Å². The molecule has 1 rings (SSSR count). The van der Waals surface area contributed by atoms with Crippen molar-refractivity contribution in [1.82, 2.24) is 15.3 Å². The first-order chi connectivity index (χ1) is 8.54. The highest BCUT2D eigenvalue weighted by atomic mass is 32.1. The average Bonchev–Trinajstić information content (AvgIpc) is 2.36. The average molecular weight is 267 g/mol. The highest BCUT2D eigenvalue weighted by molar-refractivity contribution is 7.80. The van der Waals surface area contributed by atoms with Gasteiger partial charge >= 0.3 is 0 Å². The minimum absolute atomic E-state index is 0.0722. The summed E-state index contributed by atoms with van der Waals surface area (Å²) in [5.41, 5.74) is 5.87. The van der Waals surface area contributed by atoms with Crippen molar-refractivity contribution in [3.63, 3.8) is 0 Å². The molecule has 1 aromatic heterocycles. The normalized spacial score (nSPS) is 11.7. The van der Waals surface area contributed by atoms with E-state index in [1.165, 1.54) is 12.4 Å². The van der Waals surface area contributed by atoms with Gasteiger partial charge in [-0.3, -0.25) is 4.79 Å². The molecule has 1 unspecified atom stereocenters. The maximum absolute atomic E-state index is 11.6. The Hall–Kier alpha value is -1.76. The number of hydrogen-bond acceptors (Lipinski definition) is 5. The summed E-state index contributed by atoms with van der Waals surface area (Å²) in [6, 6.07) is -0.374. The van der Waals surface area contributed by atoms with Crippen LogP contribution in [0.15, 0.2) is 12.4 Å². The topological polar surface area (TPSA) is 92.9 Å². The fourth-order valence-corrected chi connectivity index (χ4v) is 1.32. The van der Waals surface area contributed by atoms with Crippen LogP contribution < -0.4 is 16.4 Å². The molecule has 0 bridgehead atoms. The number of hydrogen-bond donors (Lipinski definition) is 3. The van der Waals surface area contributed by atoms with Crippen molar-refractivity contribution in [3.8, 4) is 0 Å². The molecule has 0 radical (unpaired) electrons. The molecule has 6 nitrogen and oxygen atoms in total. The van der Waals surface area contributed by atoms with E-state index in [4.69, 9.17) is 18.0 Å². The number of carbonyl (C=O) groups excluding carboxylic acids is 1. The predicted molar refractivity (Wildman–Crippen MR) is 74.3 cm³/mol. The number of amides is 1. The van der Waals surface area contributed by atoms with Gasteiger partial charge in [-0.2, -0.15) is 0 Å². The van der Waals surface area contributed by atoms with E-state index in [9.17, 15) is 4.79 Å². The quantitative estimate of drug-likeness (QED) is 0.648. The van der Waals surface area contributed by atoms with Gasteiger partial charge in [0.15, 0.2) is 0 Å². The van der Waals surface area contributed by atoms with Gasteiger partial charge in [-0.25, -0.2) is 9.97 Å². The summed E-state index contributed by atoms with van der Waals surface area (Å²) >= 11 is 4.77. The van der Waals surface area contributed by atoms with Gasteiger partial charge in [-0.05, 0) is 13.3 Å². The second-order valence-electron chi connectivity index (χ2n) is 3.81. The standard InChI is InChI=1S/C11H17N5OS/c1-3-4-13-11(17)7(2)16-9-6-14-8(5-15-9)10(12)18/h5-7H,3-4H2,1-2H3,(H2,12,18)(H,13,17)(H,15,16). The molecule has 0 saturated carbocycles. The zero-order valence-electron chi connectivity index (χ0n) is 10.4. The molecule has 1 amide bonds. The van der Waals surface area contributed by atoms with Crippen molar-refractivity contribution >= 4 is 28.9 Å². The molecule has 0 aliphatic carbocycles. The second-order valence-corrected chi connectivity index (χ2v) is 4.25.